The number of nitrogens with one attached hydrogen (secondary N) is 1. The molecule has 2 aromatic carbocycles. The van der Waals surface area contributed by atoms with Gasteiger partial charge in [0.15, 0.2) is 0 Å². The molecule has 0 aliphatic carbocycles. The number of benzene rings is 2. The van der Waals surface area contributed by atoms with Gasteiger partial charge in [-0.3, -0.25) is 0 Å². The number of hydrogen-bond acceptors (Lipinski definition) is 3. The van der Waals surface area contributed by atoms with Crippen LogP contribution in [-0.4, -0.2) is 25.8 Å². The molecule has 0 radical (unpaired) electrons. The average Bonchev–Trinajstić information content (AvgIpc) is 2.74. The largest absolute Gasteiger partial charge is 0.489 e. The zero-order valence-electron chi connectivity index (χ0n) is 12.6. The minimum Gasteiger partial charge on any atom is -0.489 e. The Morgan fingerprint density at radius 3 is 2.68 bits per heavy atom. The lowest BCUT2D eigenvalue weighted by atomic mass is 9.84. The highest BCUT2D eigenvalue weighted by molar-refractivity contribution is 5.46. The minimum absolute atomic E-state index is 0.262. The Morgan fingerprint density at radius 2 is 1.82 bits per heavy atom. The monoisotopic (exact) mass is 295 g/mol. The number of rotatable bonds is 2. The van der Waals surface area contributed by atoms with E-state index < -0.39 is 0 Å². The van der Waals surface area contributed by atoms with E-state index >= 15 is 0 Å². The summed E-state index contributed by atoms with van der Waals surface area (Å²) in [6.07, 6.45) is 1.25. The molecule has 4 rings (SSSR count). The van der Waals surface area contributed by atoms with E-state index in [1.54, 1.807) is 0 Å². The van der Waals surface area contributed by atoms with Crippen molar-refractivity contribution in [1.29, 1.82) is 0 Å². The molecule has 114 valence electrons. The van der Waals surface area contributed by atoms with Crippen molar-refractivity contribution in [3.8, 4) is 5.75 Å². The van der Waals surface area contributed by atoms with Crippen molar-refractivity contribution in [3.05, 3.63) is 65.2 Å². The molecule has 1 N–H and O–H groups in total. The van der Waals surface area contributed by atoms with Crippen LogP contribution in [0.25, 0.3) is 0 Å². The van der Waals surface area contributed by atoms with Crippen LogP contribution in [0, 0.1) is 0 Å². The quantitative estimate of drug-likeness (QED) is 0.923. The lowest BCUT2D eigenvalue weighted by molar-refractivity contribution is 0.0212. The Labute approximate surface area is 131 Å². The Bertz CT molecular complexity index is 602. The molecule has 0 saturated carbocycles. The molecule has 0 aromatic heterocycles. The molecule has 0 spiro atoms. The fourth-order valence-electron chi connectivity index (χ4n) is 3.52. The van der Waals surface area contributed by atoms with Crippen LogP contribution in [0.2, 0.25) is 0 Å². The van der Waals surface area contributed by atoms with Gasteiger partial charge in [-0.1, -0.05) is 42.5 Å². The molecule has 2 aromatic rings. The van der Waals surface area contributed by atoms with Gasteiger partial charge in [0.1, 0.15) is 12.4 Å². The number of para-hydroxylation sites is 1. The fraction of sp³-hybridized carbons (Fsp3) is 0.368. The van der Waals surface area contributed by atoms with E-state index in [0.29, 0.717) is 12.5 Å². The topological polar surface area (TPSA) is 30.5 Å². The highest BCUT2D eigenvalue weighted by atomic mass is 16.5. The van der Waals surface area contributed by atoms with Crippen molar-refractivity contribution in [2.24, 2.45) is 0 Å². The van der Waals surface area contributed by atoms with E-state index in [1.165, 1.54) is 16.7 Å². The third-order valence-electron chi connectivity index (χ3n) is 4.61. The van der Waals surface area contributed by atoms with Crippen molar-refractivity contribution in [2.75, 3.05) is 19.7 Å². The second-order valence-electron chi connectivity index (χ2n) is 6.01. The number of hydrogen-bond donors (Lipinski definition) is 1. The second kappa shape index (κ2) is 6.11. The van der Waals surface area contributed by atoms with E-state index in [2.05, 4.69) is 47.8 Å². The first-order valence-corrected chi connectivity index (χ1v) is 8.03. The van der Waals surface area contributed by atoms with Crippen LogP contribution in [-0.2, 0) is 11.3 Å². The standard InChI is InChI=1S/C19H21NO2/c1-2-6-16-14(5-1)13-22-19-8-4-3-7-17(19)18(16)11-15-12-20-9-10-21-15/h1-8,15,18,20H,9-13H2. The molecular formula is C19H21NO2. The van der Waals surface area contributed by atoms with Crippen molar-refractivity contribution in [1.82, 2.24) is 5.32 Å². The third kappa shape index (κ3) is 2.62. The summed E-state index contributed by atoms with van der Waals surface area (Å²) in [5.74, 6) is 1.34. The Kier molecular flexibility index (Phi) is 3.83. The molecular weight excluding hydrogens is 274 g/mol. The van der Waals surface area contributed by atoms with Crippen LogP contribution < -0.4 is 10.1 Å². The van der Waals surface area contributed by atoms with Gasteiger partial charge in [-0.05, 0) is 23.6 Å². The van der Waals surface area contributed by atoms with Crippen LogP contribution in [0.5, 0.6) is 5.75 Å². The summed E-state index contributed by atoms with van der Waals surface area (Å²) in [4.78, 5) is 0. The van der Waals surface area contributed by atoms with Crippen LogP contribution in [0.1, 0.15) is 29.0 Å². The first-order chi connectivity index (χ1) is 10.9. The van der Waals surface area contributed by atoms with Gasteiger partial charge in [0.05, 0.1) is 12.7 Å². The number of ether oxygens (including phenoxy) is 2. The Hall–Kier alpha value is -1.84. The molecule has 2 heterocycles. The van der Waals surface area contributed by atoms with Gasteiger partial charge in [-0.15, -0.1) is 0 Å². The highest BCUT2D eigenvalue weighted by Gasteiger charge is 2.28. The molecule has 2 aliphatic heterocycles. The van der Waals surface area contributed by atoms with Crippen LogP contribution in [0.3, 0.4) is 0 Å². The molecule has 2 unspecified atom stereocenters. The number of fused-ring (bicyclic) bond motifs is 2. The summed E-state index contributed by atoms with van der Waals surface area (Å²) >= 11 is 0. The van der Waals surface area contributed by atoms with E-state index in [9.17, 15) is 0 Å². The van der Waals surface area contributed by atoms with Crippen LogP contribution in [0.4, 0.5) is 0 Å². The maximum absolute atomic E-state index is 6.04. The van der Waals surface area contributed by atoms with Crippen molar-refractivity contribution < 1.29 is 9.47 Å². The average molecular weight is 295 g/mol. The molecule has 1 fully saturated rings. The summed E-state index contributed by atoms with van der Waals surface area (Å²) in [6.45, 7) is 3.34. The smallest absolute Gasteiger partial charge is 0.123 e. The SMILES string of the molecule is c1ccc2c(c1)COc1ccccc1C2CC1CNCCO1. The van der Waals surface area contributed by atoms with Gasteiger partial charge in [-0.2, -0.15) is 0 Å². The zero-order valence-corrected chi connectivity index (χ0v) is 12.6. The second-order valence-corrected chi connectivity index (χ2v) is 6.01. The van der Waals surface area contributed by atoms with Gasteiger partial charge >= 0.3 is 0 Å². The summed E-state index contributed by atoms with van der Waals surface area (Å²) < 4.78 is 12.0. The van der Waals surface area contributed by atoms with Crippen LogP contribution >= 0.6 is 0 Å². The van der Waals surface area contributed by atoms with Gasteiger partial charge in [0.25, 0.3) is 0 Å². The molecule has 22 heavy (non-hydrogen) atoms. The number of morpholine rings is 1. The van der Waals surface area contributed by atoms with Gasteiger partial charge in [0.2, 0.25) is 0 Å². The van der Waals surface area contributed by atoms with E-state index in [1.807, 2.05) is 6.07 Å². The predicted octanol–water partition coefficient (Wildman–Crippen LogP) is 3.09. The van der Waals surface area contributed by atoms with E-state index in [0.717, 1.165) is 31.9 Å². The molecule has 0 amide bonds. The lowest BCUT2D eigenvalue weighted by Crippen LogP contribution is -2.39. The first-order valence-electron chi connectivity index (χ1n) is 8.03. The molecule has 3 heteroatoms. The molecule has 3 nitrogen and oxygen atoms in total. The maximum atomic E-state index is 6.04. The Balaban J connectivity index is 1.73. The van der Waals surface area contributed by atoms with E-state index in [-0.39, 0.29) is 6.10 Å². The van der Waals surface area contributed by atoms with Gasteiger partial charge in [-0.25, -0.2) is 0 Å². The molecule has 2 atom stereocenters. The minimum atomic E-state index is 0.262. The van der Waals surface area contributed by atoms with Gasteiger partial charge < -0.3 is 14.8 Å². The summed E-state index contributed by atoms with van der Waals surface area (Å²) in [5, 5.41) is 3.43. The zero-order chi connectivity index (χ0) is 14.8. The summed E-state index contributed by atoms with van der Waals surface area (Å²) in [5.41, 5.74) is 3.94. The normalized spacial score (nSPS) is 23.8. The lowest BCUT2D eigenvalue weighted by Gasteiger charge is -2.28. The molecule has 1 saturated heterocycles. The molecule has 2 aliphatic rings. The summed E-state index contributed by atoms with van der Waals surface area (Å²) in [6, 6.07) is 17.0. The van der Waals surface area contributed by atoms with E-state index in [4.69, 9.17) is 9.47 Å². The first kappa shape index (κ1) is 13.8. The predicted molar refractivity (Wildman–Crippen MR) is 86.3 cm³/mol. The van der Waals surface area contributed by atoms with Crippen molar-refractivity contribution in [3.63, 3.8) is 0 Å². The maximum Gasteiger partial charge on any atom is 0.123 e. The van der Waals surface area contributed by atoms with Crippen molar-refractivity contribution in [2.45, 2.75) is 25.0 Å². The van der Waals surface area contributed by atoms with Crippen molar-refractivity contribution >= 4 is 0 Å². The third-order valence-corrected chi connectivity index (χ3v) is 4.61. The van der Waals surface area contributed by atoms with Crippen LogP contribution in [0.15, 0.2) is 48.5 Å². The molecule has 0 bridgehead atoms. The highest BCUT2D eigenvalue weighted by Crippen LogP contribution is 2.40. The summed E-state index contributed by atoms with van der Waals surface area (Å²) in [7, 11) is 0. The van der Waals surface area contributed by atoms with Gasteiger partial charge in [0, 0.05) is 24.6 Å². The fourth-order valence-corrected chi connectivity index (χ4v) is 3.52. The Morgan fingerprint density at radius 1 is 1.00 bits per heavy atom.